The Labute approximate surface area is 84.8 Å². The van der Waals surface area contributed by atoms with E-state index in [2.05, 4.69) is 4.98 Å². The van der Waals surface area contributed by atoms with Gasteiger partial charge in [-0.1, -0.05) is 19.9 Å². The number of carbonyl (C=O) groups excluding carboxylic acids is 1. The summed E-state index contributed by atoms with van der Waals surface area (Å²) in [4.78, 5) is 17.3. The zero-order chi connectivity index (χ0) is 10.6. The van der Waals surface area contributed by atoms with E-state index in [4.69, 9.17) is 0 Å². The van der Waals surface area contributed by atoms with E-state index in [1.807, 2.05) is 32.0 Å². The molecule has 1 amide bonds. The first kappa shape index (κ1) is 10.7. The lowest BCUT2D eigenvalue weighted by Crippen LogP contribution is -2.27. The van der Waals surface area contributed by atoms with Gasteiger partial charge in [-0.25, -0.2) is 4.98 Å². The summed E-state index contributed by atoms with van der Waals surface area (Å²) < 4.78 is 0. The average Bonchev–Trinajstić information content (AvgIpc) is 2.17. The fourth-order valence-electron chi connectivity index (χ4n) is 1.17. The number of pyridine rings is 1. The van der Waals surface area contributed by atoms with Crippen molar-refractivity contribution in [2.75, 3.05) is 11.9 Å². The van der Waals surface area contributed by atoms with Crippen molar-refractivity contribution >= 4 is 11.7 Å². The van der Waals surface area contributed by atoms with Crippen LogP contribution in [0.3, 0.4) is 0 Å². The van der Waals surface area contributed by atoms with Crippen molar-refractivity contribution in [3.05, 3.63) is 24.4 Å². The molecule has 3 heteroatoms. The van der Waals surface area contributed by atoms with Gasteiger partial charge in [-0.3, -0.25) is 9.69 Å². The summed E-state index contributed by atoms with van der Waals surface area (Å²) in [6.07, 6.45) is 2.25. The highest BCUT2D eigenvalue weighted by molar-refractivity contribution is 5.91. The summed E-state index contributed by atoms with van der Waals surface area (Å²) in [5, 5.41) is 0. The van der Waals surface area contributed by atoms with E-state index in [0.29, 0.717) is 18.2 Å². The summed E-state index contributed by atoms with van der Waals surface area (Å²) in [5.41, 5.74) is 0. The summed E-state index contributed by atoms with van der Waals surface area (Å²) in [7, 11) is 1.76. The van der Waals surface area contributed by atoms with Gasteiger partial charge < -0.3 is 0 Å². The average molecular weight is 192 g/mol. The maximum Gasteiger partial charge on any atom is 0.228 e. The maximum atomic E-state index is 11.6. The smallest absolute Gasteiger partial charge is 0.228 e. The van der Waals surface area contributed by atoms with E-state index in [0.717, 1.165) is 0 Å². The Balaban J connectivity index is 2.66. The highest BCUT2D eigenvalue weighted by Gasteiger charge is 2.12. The van der Waals surface area contributed by atoms with Gasteiger partial charge in [0.1, 0.15) is 5.82 Å². The van der Waals surface area contributed by atoms with E-state index in [1.165, 1.54) is 0 Å². The van der Waals surface area contributed by atoms with Crippen LogP contribution in [0.15, 0.2) is 24.4 Å². The molecular formula is C11H16N2O. The number of rotatable bonds is 3. The van der Waals surface area contributed by atoms with Gasteiger partial charge in [0.2, 0.25) is 5.91 Å². The second-order valence-electron chi connectivity index (χ2n) is 3.74. The van der Waals surface area contributed by atoms with Crippen LogP contribution in [0.5, 0.6) is 0 Å². The van der Waals surface area contributed by atoms with Crippen molar-refractivity contribution < 1.29 is 4.79 Å². The Morgan fingerprint density at radius 1 is 1.50 bits per heavy atom. The normalized spacial score (nSPS) is 10.3. The molecule has 0 aliphatic rings. The minimum atomic E-state index is 0.110. The van der Waals surface area contributed by atoms with Crippen LogP contribution >= 0.6 is 0 Å². The van der Waals surface area contributed by atoms with Crippen molar-refractivity contribution in [2.24, 2.45) is 5.92 Å². The molecule has 0 saturated heterocycles. The number of hydrogen-bond donors (Lipinski definition) is 0. The number of carbonyl (C=O) groups is 1. The van der Waals surface area contributed by atoms with Crippen molar-refractivity contribution in [3.63, 3.8) is 0 Å². The van der Waals surface area contributed by atoms with Crippen LogP contribution < -0.4 is 4.90 Å². The third-order valence-electron chi connectivity index (χ3n) is 1.95. The van der Waals surface area contributed by atoms with Crippen LogP contribution in [0, 0.1) is 5.92 Å². The van der Waals surface area contributed by atoms with Crippen LogP contribution in [-0.4, -0.2) is 17.9 Å². The molecule has 0 unspecified atom stereocenters. The lowest BCUT2D eigenvalue weighted by Gasteiger charge is -2.16. The molecule has 14 heavy (non-hydrogen) atoms. The van der Waals surface area contributed by atoms with Gasteiger partial charge in [0.05, 0.1) is 0 Å². The van der Waals surface area contributed by atoms with Gasteiger partial charge in [-0.2, -0.15) is 0 Å². The molecule has 0 spiro atoms. The topological polar surface area (TPSA) is 33.2 Å². The molecule has 0 radical (unpaired) electrons. The summed E-state index contributed by atoms with van der Waals surface area (Å²) in [5.74, 6) is 1.20. The largest absolute Gasteiger partial charge is 0.300 e. The third-order valence-corrected chi connectivity index (χ3v) is 1.95. The van der Waals surface area contributed by atoms with E-state index in [9.17, 15) is 4.79 Å². The number of aromatic nitrogens is 1. The molecule has 3 nitrogen and oxygen atoms in total. The molecular weight excluding hydrogens is 176 g/mol. The zero-order valence-corrected chi connectivity index (χ0v) is 8.90. The van der Waals surface area contributed by atoms with Crippen LogP contribution in [0.4, 0.5) is 5.82 Å². The molecule has 1 heterocycles. The lowest BCUT2D eigenvalue weighted by molar-refractivity contribution is -0.119. The van der Waals surface area contributed by atoms with Crippen LogP contribution in [0.1, 0.15) is 20.3 Å². The van der Waals surface area contributed by atoms with Gasteiger partial charge >= 0.3 is 0 Å². The highest BCUT2D eigenvalue weighted by Crippen LogP contribution is 2.10. The Hall–Kier alpha value is -1.38. The summed E-state index contributed by atoms with van der Waals surface area (Å²) in [6.45, 7) is 4.06. The number of anilines is 1. The van der Waals surface area contributed by atoms with Gasteiger partial charge in [-0.15, -0.1) is 0 Å². The fourth-order valence-corrected chi connectivity index (χ4v) is 1.17. The molecule has 0 aromatic carbocycles. The molecule has 0 bridgehead atoms. The first-order valence-electron chi connectivity index (χ1n) is 4.79. The van der Waals surface area contributed by atoms with Crippen LogP contribution in [0.25, 0.3) is 0 Å². The van der Waals surface area contributed by atoms with E-state index in [-0.39, 0.29) is 5.91 Å². The van der Waals surface area contributed by atoms with Gasteiger partial charge in [-0.05, 0) is 18.1 Å². The predicted molar refractivity (Wildman–Crippen MR) is 57.1 cm³/mol. The molecule has 0 aliphatic heterocycles. The van der Waals surface area contributed by atoms with Crippen molar-refractivity contribution in [1.82, 2.24) is 4.98 Å². The van der Waals surface area contributed by atoms with Gasteiger partial charge in [0.25, 0.3) is 0 Å². The molecule has 0 fully saturated rings. The van der Waals surface area contributed by atoms with Crippen molar-refractivity contribution in [3.8, 4) is 0 Å². The Kier molecular flexibility index (Phi) is 3.63. The number of amides is 1. The van der Waals surface area contributed by atoms with Crippen molar-refractivity contribution in [2.45, 2.75) is 20.3 Å². The third kappa shape index (κ3) is 2.83. The highest BCUT2D eigenvalue weighted by atomic mass is 16.2. The van der Waals surface area contributed by atoms with Crippen molar-refractivity contribution in [1.29, 1.82) is 0 Å². The van der Waals surface area contributed by atoms with Crippen LogP contribution in [0.2, 0.25) is 0 Å². The molecule has 0 atom stereocenters. The summed E-state index contributed by atoms with van der Waals surface area (Å²) >= 11 is 0. The fraction of sp³-hybridized carbons (Fsp3) is 0.455. The predicted octanol–water partition coefficient (Wildman–Crippen LogP) is 2.09. The Bertz CT molecular complexity index is 295. The number of hydrogen-bond acceptors (Lipinski definition) is 2. The summed E-state index contributed by atoms with van der Waals surface area (Å²) in [6, 6.07) is 5.55. The molecule has 1 rings (SSSR count). The zero-order valence-electron chi connectivity index (χ0n) is 8.90. The van der Waals surface area contributed by atoms with Gasteiger partial charge in [0.15, 0.2) is 0 Å². The minimum Gasteiger partial charge on any atom is -0.300 e. The Morgan fingerprint density at radius 3 is 2.71 bits per heavy atom. The van der Waals surface area contributed by atoms with E-state index >= 15 is 0 Å². The second-order valence-corrected chi connectivity index (χ2v) is 3.74. The molecule has 0 saturated carbocycles. The van der Waals surface area contributed by atoms with Crippen LogP contribution in [-0.2, 0) is 4.79 Å². The molecule has 0 aliphatic carbocycles. The second kappa shape index (κ2) is 4.74. The number of nitrogens with zero attached hydrogens (tertiary/aromatic N) is 2. The Morgan fingerprint density at radius 2 is 2.21 bits per heavy atom. The van der Waals surface area contributed by atoms with E-state index in [1.54, 1.807) is 18.1 Å². The van der Waals surface area contributed by atoms with Gasteiger partial charge in [0, 0.05) is 19.7 Å². The lowest BCUT2D eigenvalue weighted by atomic mass is 10.1. The SMILES string of the molecule is CC(C)CC(=O)N(C)c1ccccn1. The molecule has 1 aromatic heterocycles. The maximum absolute atomic E-state index is 11.6. The molecule has 76 valence electrons. The minimum absolute atomic E-state index is 0.110. The van der Waals surface area contributed by atoms with E-state index < -0.39 is 0 Å². The molecule has 1 aromatic rings. The monoisotopic (exact) mass is 192 g/mol. The first-order valence-corrected chi connectivity index (χ1v) is 4.79. The standard InChI is InChI=1S/C11H16N2O/c1-9(2)8-11(14)13(3)10-6-4-5-7-12-10/h4-7,9H,8H2,1-3H3. The first-order chi connectivity index (χ1) is 6.61. The molecule has 0 N–H and O–H groups in total. The quantitative estimate of drug-likeness (QED) is 0.734.